The minimum Gasteiger partial charge on any atom is -0.481 e. The lowest BCUT2D eigenvalue weighted by atomic mass is 10.1. The molecule has 0 aliphatic heterocycles. The molecule has 130 valence electrons. The first-order valence-corrected chi connectivity index (χ1v) is 7.11. The van der Waals surface area contributed by atoms with Crippen LogP contribution in [0.2, 0.25) is 5.02 Å². The molecule has 0 aliphatic rings. The molecule has 24 heavy (non-hydrogen) atoms. The first-order valence-electron chi connectivity index (χ1n) is 6.73. The second kappa shape index (κ2) is 7.14. The molecule has 0 unspecified atom stereocenters. The van der Waals surface area contributed by atoms with E-state index in [-0.39, 0.29) is 36.0 Å². The molecule has 0 bridgehead atoms. The molecule has 2 rings (SSSR count). The predicted octanol–water partition coefficient (Wildman–Crippen LogP) is 2.24. The van der Waals surface area contributed by atoms with Crippen molar-refractivity contribution in [1.29, 1.82) is 0 Å². The average molecular weight is 364 g/mol. The number of carboxylic acid groups (broad SMARTS) is 1. The molecule has 0 amide bonds. The van der Waals surface area contributed by atoms with Gasteiger partial charge in [0.2, 0.25) is 0 Å². The lowest BCUT2D eigenvalue weighted by molar-refractivity contribution is -0.138. The average Bonchev–Trinajstić information content (AvgIpc) is 2.92. The highest BCUT2D eigenvalue weighted by atomic mass is 35.5. The third kappa shape index (κ3) is 4.42. The topological polar surface area (TPSA) is 84.1 Å². The van der Waals surface area contributed by atoms with Gasteiger partial charge in [-0.05, 0) is 35.7 Å². The molecule has 1 heterocycles. The molecule has 1 aromatic heterocycles. The monoisotopic (exact) mass is 363 g/mol. The quantitative estimate of drug-likeness (QED) is 0.847. The van der Waals surface area contributed by atoms with E-state index in [1.165, 1.54) is 12.1 Å². The van der Waals surface area contributed by atoms with E-state index in [0.29, 0.717) is 0 Å². The van der Waals surface area contributed by atoms with Gasteiger partial charge in [-0.25, -0.2) is 0 Å². The van der Waals surface area contributed by atoms with Gasteiger partial charge in [-0.2, -0.15) is 17.9 Å². The van der Waals surface area contributed by atoms with Gasteiger partial charge < -0.3 is 5.11 Å². The van der Waals surface area contributed by atoms with Crippen molar-refractivity contribution >= 4 is 17.6 Å². The number of nitrogens with zero attached hydrogens (tertiary/aromatic N) is 5. The van der Waals surface area contributed by atoms with Gasteiger partial charge in [0.25, 0.3) is 0 Å². The van der Waals surface area contributed by atoms with Crippen LogP contribution in [-0.4, -0.2) is 49.8 Å². The Hall–Kier alpha value is -2.20. The maximum absolute atomic E-state index is 13.2. The van der Waals surface area contributed by atoms with Crippen molar-refractivity contribution in [2.24, 2.45) is 0 Å². The minimum atomic E-state index is -4.63. The van der Waals surface area contributed by atoms with Crippen LogP contribution < -0.4 is 0 Å². The number of aromatic nitrogens is 4. The lowest BCUT2D eigenvalue weighted by Gasteiger charge is -2.17. The maximum atomic E-state index is 13.2. The van der Waals surface area contributed by atoms with Crippen molar-refractivity contribution in [3.8, 4) is 5.69 Å². The summed E-state index contributed by atoms with van der Waals surface area (Å²) in [6.07, 6.45) is -4.73. The Morgan fingerprint density at radius 3 is 2.75 bits per heavy atom. The molecule has 0 aliphatic carbocycles. The van der Waals surface area contributed by atoms with Crippen molar-refractivity contribution in [3.05, 3.63) is 34.6 Å². The zero-order valence-corrected chi connectivity index (χ0v) is 13.2. The molecule has 2 aromatic rings. The van der Waals surface area contributed by atoms with Crippen LogP contribution in [-0.2, 0) is 17.5 Å². The van der Waals surface area contributed by atoms with Gasteiger partial charge in [0, 0.05) is 11.6 Å². The zero-order chi connectivity index (χ0) is 17.9. The fourth-order valence-corrected chi connectivity index (χ4v) is 2.19. The minimum absolute atomic E-state index is 0.0562. The number of rotatable bonds is 6. The van der Waals surface area contributed by atoms with Crippen LogP contribution in [0.1, 0.15) is 17.8 Å². The number of hydrogen-bond acceptors (Lipinski definition) is 5. The second-order valence-corrected chi connectivity index (χ2v) is 5.48. The number of halogens is 4. The highest BCUT2D eigenvalue weighted by Crippen LogP contribution is 2.35. The van der Waals surface area contributed by atoms with Crippen LogP contribution in [0.4, 0.5) is 13.2 Å². The van der Waals surface area contributed by atoms with Gasteiger partial charge in [-0.3, -0.25) is 9.69 Å². The summed E-state index contributed by atoms with van der Waals surface area (Å²) in [6, 6.07) is 3.30. The van der Waals surface area contributed by atoms with E-state index in [2.05, 4.69) is 15.5 Å². The highest BCUT2D eigenvalue weighted by Gasteiger charge is 2.35. The van der Waals surface area contributed by atoms with Crippen molar-refractivity contribution < 1.29 is 23.1 Å². The summed E-state index contributed by atoms with van der Waals surface area (Å²) in [5, 5.41) is 19.3. The van der Waals surface area contributed by atoms with Crippen LogP contribution in [0.25, 0.3) is 5.69 Å². The lowest BCUT2D eigenvalue weighted by Crippen LogP contribution is -2.24. The number of alkyl halides is 3. The molecule has 1 aromatic carbocycles. The Morgan fingerprint density at radius 1 is 1.42 bits per heavy atom. The van der Waals surface area contributed by atoms with E-state index < -0.39 is 17.7 Å². The third-order valence-corrected chi connectivity index (χ3v) is 3.38. The van der Waals surface area contributed by atoms with E-state index in [1.807, 2.05) is 0 Å². The van der Waals surface area contributed by atoms with E-state index in [1.54, 1.807) is 11.9 Å². The van der Waals surface area contributed by atoms with E-state index >= 15 is 0 Å². The van der Waals surface area contributed by atoms with E-state index in [0.717, 1.165) is 10.7 Å². The van der Waals surface area contributed by atoms with Gasteiger partial charge in [-0.15, -0.1) is 5.10 Å². The number of carbonyl (C=O) groups is 1. The first-order chi connectivity index (χ1) is 11.2. The SMILES string of the molecule is CN(CCC(=O)O)Cc1nnnn1-c1ccc(Cl)cc1C(F)(F)F. The Morgan fingerprint density at radius 2 is 2.12 bits per heavy atom. The molecule has 0 atom stereocenters. The summed E-state index contributed by atoms with van der Waals surface area (Å²) in [4.78, 5) is 12.2. The number of benzene rings is 1. The molecule has 0 fully saturated rings. The summed E-state index contributed by atoms with van der Waals surface area (Å²) >= 11 is 5.65. The Labute approximate surface area is 139 Å². The number of aliphatic carboxylic acids is 1. The van der Waals surface area contributed by atoms with E-state index in [9.17, 15) is 18.0 Å². The summed E-state index contributed by atoms with van der Waals surface area (Å²) < 4.78 is 40.6. The largest absolute Gasteiger partial charge is 0.481 e. The fourth-order valence-electron chi connectivity index (χ4n) is 2.02. The van der Waals surface area contributed by atoms with Crippen molar-refractivity contribution in [2.75, 3.05) is 13.6 Å². The molecule has 0 radical (unpaired) electrons. The standard InChI is InChI=1S/C13H13ClF3N5O2/c1-21(5-4-12(23)24)7-11-18-19-20-22(11)10-3-2-8(14)6-9(10)13(15,16)17/h2-3,6H,4-5,7H2,1H3,(H,23,24). The molecule has 0 saturated heterocycles. The highest BCUT2D eigenvalue weighted by molar-refractivity contribution is 6.30. The maximum Gasteiger partial charge on any atom is 0.418 e. The predicted molar refractivity (Wildman–Crippen MR) is 77.8 cm³/mol. The van der Waals surface area contributed by atoms with Gasteiger partial charge >= 0.3 is 12.1 Å². The second-order valence-electron chi connectivity index (χ2n) is 5.05. The Kier molecular flexibility index (Phi) is 5.40. The third-order valence-electron chi connectivity index (χ3n) is 3.15. The summed E-state index contributed by atoms with van der Waals surface area (Å²) in [7, 11) is 1.62. The smallest absolute Gasteiger partial charge is 0.418 e. The molecule has 7 nitrogen and oxygen atoms in total. The first kappa shape index (κ1) is 18.1. The Balaban J connectivity index is 2.32. The molecular weight excluding hydrogens is 351 g/mol. The van der Waals surface area contributed by atoms with Gasteiger partial charge in [0.05, 0.1) is 24.2 Å². The zero-order valence-electron chi connectivity index (χ0n) is 12.5. The number of carboxylic acids is 1. The van der Waals surface area contributed by atoms with Crippen LogP contribution in [0.5, 0.6) is 0 Å². The van der Waals surface area contributed by atoms with Crippen LogP contribution in [0.3, 0.4) is 0 Å². The van der Waals surface area contributed by atoms with Crippen LogP contribution >= 0.6 is 11.6 Å². The van der Waals surface area contributed by atoms with Crippen molar-refractivity contribution in [3.63, 3.8) is 0 Å². The van der Waals surface area contributed by atoms with E-state index in [4.69, 9.17) is 16.7 Å². The van der Waals surface area contributed by atoms with Gasteiger partial charge in [0.1, 0.15) is 0 Å². The van der Waals surface area contributed by atoms with Gasteiger partial charge in [-0.1, -0.05) is 11.6 Å². The van der Waals surface area contributed by atoms with Crippen molar-refractivity contribution in [1.82, 2.24) is 25.1 Å². The number of tetrazole rings is 1. The van der Waals surface area contributed by atoms with Gasteiger partial charge in [0.15, 0.2) is 5.82 Å². The number of hydrogen-bond donors (Lipinski definition) is 1. The van der Waals surface area contributed by atoms with Crippen molar-refractivity contribution in [2.45, 2.75) is 19.1 Å². The molecule has 1 N–H and O–H groups in total. The summed E-state index contributed by atoms with van der Waals surface area (Å²) in [5.74, 6) is -0.825. The van der Waals surface area contributed by atoms with Crippen LogP contribution in [0, 0.1) is 0 Å². The van der Waals surface area contributed by atoms with Crippen LogP contribution in [0.15, 0.2) is 18.2 Å². The normalized spacial score (nSPS) is 11.9. The molecule has 0 saturated carbocycles. The summed E-state index contributed by atoms with van der Waals surface area (Å²) in [5.41, 5.74) is -1.21. The molecule has 11 heteroatoms. The summed E-state index contributed by atoms with van der Waals surface area (Å²) in [6.45, 7) is 0.287. The fraction of sp³-hybridized carbons (Fsp3) is 0.385. The molecule has 0 spiro atoms. The Bertz CT molecular complexity index is 735. The molecular formula is C13H13ClF3N5O2.